The first-order valence-electron chi connectivity index (χ1n) is 6.87. The Morgan fingerprint density at radius 1 is 1.50 bits per heavy atom. The summed E-state index contributed by atoms with van der Waals surface area (Å²) in [6.07, 6.45) is 4.29. The molecule has 0 spiro atoms. The summed E-state index contributed by atoms with van der Waals surface area (Å²) in [5.41, 5.74) is 0.735. The fraction of sp³-hybridized carbons (Fsp3) is 0.600. The molecule has 20 heavy (non-hydrogen) atoms. The standard InChI is InChI=1S/C15H23N3O2/c1-14(2)12(8-15(14,3)20-4)18-13(19)17-10-11-6-5-7-16-9-11/h5-7,9,12H,8,10H2,1-4H3,(H2,17,18,19)/t12-,15+/m0/s1. The quantitative estimate of drug-likeness (QED) is 0.885. The fourth-order valence-corrected chi connectivity index (χ4v) is 2.62. The predicted molar refractivity (Wildman–Crippen MR) is 77.2 cm³/mol. The van der Waals surface area contributed by atoms with Gasteiger partial charge in [-0.1, -0.05) is 19.9 Å². The van der Waals surface area contributed by atoms with Gasteiger partial charge >= 0.3 is 6.03 Å². The molecule has 0 unspecified atom stereocenters. The number of nitrogens with one attached hydrogen (secondary N) is 2. The third kappa shape index (κ3) is 2.63. The summed E-state index contributed by atoms with van der Waals surface area (Å²) in [6, 6.07) is 3.77. The van der Waals surface area contributed by atoms with Gasteiger partial charge in [0.15, 0.2) is 0 Å². The maximum atomic E-state index is 11.9. The van der Waals surface area contributed by atoms with E-state index >= 15 is 0 Å². The van der Waals surface area contributed by atoms with Crippen LogP contribution in [0.15, 0.2) is 24.5 Å². The van der Waals surface area contributed by atoms with Gasteiger partial charge in [-0.05, 0) is 25.0 Å². The number of ether oxygens (including phenoxy) is 1. The molecule has 0 radical (unpaired) electrons. The molecule has 1 saturated carbocycles. The highest BCUT2D eigenvalue weighted by Gasteiger charge is 2.58. The lowest BCUT2D eigenvalue weighted by Gasteiger charge is -2.59. The first-order chi connectivity index (χ1) is 9.39. The molecule has 1 aromatic rings. The van der Waals surface area contributed by atoms with Gasteiger partial charge in [0.05, 0.1) is 5.60 Å². The van der Waals surface area contributed by atoms with E-state index in [4.69, 9.17) is 4.74 Å². The van der Waals surface area contributed by atoms with Crippen LogP contribution < -0.4 is 10.6 Å². The second-order valence-corrected chi connectivity index (χ2v) is 6.10. The average Bonchev–Trinajstić information content (AvgIpc) is 2.45. The second kappa shape index (κ2) is 5.40. The van der Waals surface area contributed by atoms with Gasteiger partial charge < -0.3 is 15.4 Å². The van der Waals surface area contributed by atoms with E-state index in [1.165, 1.54) is 0 Å². The van der Waals surface area contributed by atoms with Crippen LogP contribution in [0, 0.1) is 5.41 Å². The number of nitrogens with zero attached hydrogens (tertiary/aromatic N) is 1. The molecular weight excluding hydrogens is 254 g/mol. The molecule has 0 aliphatic heterocycles. The number of amides is 2. The molecule has 1 heterocycles. The smallest absolute Gasteiger partial charge is 0.315 e. The highest BCUT2D eigenvalue weighted by molar-refractivity contribution is 5.74. The van der Waals surface area contributed by atoms with Gasteiger partial charge in [0.1, 0.15) is 0 Å². The third-order valence-electron chi connectivity index (χ3n) is 4.76. The van der Waals surface area contributed by atoms with E-state index in [1.54, 1.807) is 19.5 Å². The Morgan fingerprint density at radius 2 is 2.25 bits per heavy atom. The zero-order valence-electron chi connectivity index (χ0n) is 12.6. The van der Waals surface area contributed by atoms with E-state index in [1.807, 2.05) is 12.1 Å². The van der Waals surface area contributed by atoms with Crippen LogP contribution in [0.2, 0.25) is 0 Å². The number of hydrogen-bond donors (Lipinski definition) is 2. The van der Waals surface area contributed by atoms with Crippen molar-refractivity contribution in [2.45, 2.75) is 45.4 Å². The Bertz CT molecular complexity index is 475. The van der Waals surface area contributed by atoms with Crippen molar-refractivity contribution >= 4 is 6.03 Å². The molecule has 1 aromatic heterocycles. The maximum Gasteiger partial charge on any atom is 0.315 e. The molecule has 5 nitrogen and oxygen atoms in total. The lowest BCUT2D eigenvalue weighted by molar-refractivity contribution is -0.177. The van der Waals surface area contributed by atoms with E-state index in [9.17, 15) is 4.79 Å². The summed E-state index contributed by atoms with van der Waals surface area (Å²) in [5.74, 6) is 0. The van der Waals surface area contributed by atoms with Gasteiger partial charge in [0.2, 0.25) is 0 Å². The summed E-state index contributed by atoms with van der Waals surface area (Å²) >= 11 is 0. The van der Waals surface area contributed by atoms with Crippen molar-refractivity contribution in [3.63, 3.8) is 0 Å². The normalized spacial score (nSPS) is 27.5. The van der Waals surface area contributed by atoms with Gasteiger partial charge in [-0.15, -0.1) is 0 Å². The van der Waals surface area contributed by atoms with Crippen molar-refractivity contribution in [3.05, 3.63) is 30.1 Å². The monoisotopic (exact) mass is 277 g/mol. The number of carbonyl (C=O) groups excluding carboxylic acids is 1. The van der Waals surface area contributed by atoms with Crippen molar-refractivity contribution < 1.29 is 9.53 Å². The van der Waals surface area contributed by atoms with Crippen molar-refractivity contribution in [1.82, 2.24) is 15.6 Å². The van der Waals surface area contributed by atoms with Gasteiger partial charge in [0, 0.05) is 37.5 Å². The number of pyridine rings is 1. The lowest BCUT2D eigenvalue weighted by Crippen LogP contribution is -2.69. The molecule has 0 bridgehead atoms. The number of rotatable bonds is 4. The Balaban J connectivity index is 1.82. The van der Waals surface area contributed by atoms with Gasteiger partial charge in [0.25, 0.3) is 0 Å². The van der Waals surface area contributed by atoms with Gasteiger partial charge in [-0.3, -0.25) is 4.98 Å². The minimum absolute atomic E-state index is 0.0760. The molecule has 2 rings (SSSR count). The van der Waals surface area contributed by atoms with E-state index in [0.717, 1.165) is 12.0 Å². The van der Waals surface area contributed by atoms with Crippen LogP contribution in [0.3, 0.4) is 0 Å². The molecule has 1 fully saturated rings. The van der Waals surface area contributed by atoms with Gasteiger partial charge in [-0.2, -0.15) is 0 Å². The van der Waals surface area contributed by atoms with Crippen LogP contribution in [0.5, 0.6) is 0 Å². The van der Waals surface area contributed by atoms with Crippen LogP contribution in [-0.4, -0.2) is 29.8 Å². The second-order valence-electron chi connectivity index (χ2n) is 6.10. The van der Waals surface area contributed by atoms with E-state index in [0.29, 0.717) is 6.54 Å². The number of carbonyl (C=O) groups is 1. The molecule has 2 N–H and O–H groups in total. The number of aromatic nitrogens is 1. The summed E-state index contributed by atoms with van der Waals surface area (Å²) in [7, 11) is 1.72. The highest BCUT2D eigenvalue weighted by Crippen LogP contribution is 2.51. The topological polar surface area (TPSA) is 63.2 Å². The predicted octanol–water partition coefficient (Wildman–Crippen LogP) is 2.08. The maximum absolute atomic E-state index is 11.9. The highest BCUT2D eigenvalue weighted by atomic mass is 16.5. The number of urea groups is 1. The molecule has 0 aromatic carbocycles. The minimum atomic E-state index is -0.172. The van der Waals surface area contributed by atoms with Gasteiger partial charge in [-0.25, -0.2) is 4.79 Å². The Kier molecular flexibility index (Phi) is 3.99. The molecule has 0 saturated heterocycles. The average molecular weight is 277 g/mol. The summed E-state index contributed by atoms with van der Waals surface area (Å²) in [4.78, 5) is 15.9. The van der Waals surface area contributed by atoms with Crippen LogP contribution in [-0.2, 0) is 11.3 Å². The molecule has 1 aliphatic carbocycles. The van der Waals surface area contributed by atoms with Crippen molar-refractivity contribution in [2.24, 2.45) is 5.41 Å². The van der Waals surface area contributed by atoms with E-state index in [-0.39, 0.29) is 23.1 Å². The molecule has 5 heteroatoms. The van der Waals surface area contributed by atoms with E-state index < -0.39 is 0 Å². The summed E-state index contributed by atoms with van der Waals surface area (Å²) < 4.78 is 5.55. The third-order valence-corrected chi connectivity index (χ3v) is 4.76. The first kappa shape index (κ1) is 14.8. The Hall–Kier alpha value is -1.62. The van der Waals surface area contributed by atoms with Crippen LogP contribution >= 0.6 is 0 Å². The van der Waals surface area contributed by atoms with Crippen molar-refractivity contribution in [2.75, 3.05) is 7.11 Å². The minimum Gasteiger partial charge on any atom is -0.378 e. The Labute approximate surface area is 120 Å². The van der Waals surface area contributed by atoms with Crippen LogP contribution in [0.1, 0.15) is 32.8 Å². The molecule has 2 atom stereocenters. The van der Waals surface area contributed by atoms with Crippen molar-refractivity contribution in [3.8, 4) is 0 Å². The van der Waals surface area contributed by atoms with Crippen molar-refractivity contribution in [1.29, 1.82) is 0 Å². The molecule has 110 valence electrons. The summed E-state index contributed by atoms with van der Waals surface area (Å²) in [6.45, 7) is 6.80. The number of hydrogen-bond acceptors (Lipinski definition) is 3. The van der Waals surface area contributed by atoms with E-state index in [2.05, 4.69) is 36.4 Å². The molecular formula is C15H23N3O2. The largest absolute Gasteiger partial charge is 0.378 e. The van der Waals surface area contributed by atoms with Crippen LogP contribution in [0.4, 0.5) is 4.79 Å². The zero-order valence-corrected chi connectivity index (χ0v) is 12.6. The summed E-state index contributed by atoms with van der Waals surface area (Å²) in [5, 5.41) is 5.87. The zero-order chi connectivity index (χ0) is 14.8. The molecule has 2 amide bonds. The number of methoxy groups -OCH3 is 1. The lowest BCUT2D eigenvalue weighted by atomic mass is 9.56. The Morgan fingerprint density at radius 3 is 2.80 bits per heavy atom. The SMILES string of the molecule is CO[C@]1(C)C[C@H](NC(=O)NCc2cccnc2)C1(C)C. The fourth-order valence-electron chi connectivity index (χ4n) is 2.62. The molecule has 1 aliphatic rings. The first-order valence-corrected chi connectivity index (χ1v) is 6.87. The van der Waals surface area contributed by atoms with Crippen LogP contribution in [0.25, 0.3) is 0 Å².